The lowest BCUT2D eigenvalue weighted by Crippen LogP contribution is -2.50. The SMILES string of the molecule is C#CCN(CC(=O)O)C(=O)C(C)(C)Oc1ccc(Cl)cc1. The van der Waals surface area contributed by atoms with Crippen LogP contribution in [0.5, 0.6) is 5.75 Å². The van der Waals surface area contributed by atoms with Crippen molar-refractivity contribution >= 4 is 23.5 Å². The van der Waals surface area contributed by atoms with Crippen LogP contribution >= 0.6 is 11.6 Å². The Morgan fingerprint density at radius 1 is 1.38 bits per heavy atom. The van der Waals surface area contributed by atoms with E-state index in [2.05, 4.69) is 5.92 Å². The van der Waals surface area contributed by atoms with Crippen molar-refractivity contribution < 1.29 is 19.4 Å². The number of amides is 1. The third-order valence-electron chi connectivity index (χ3n) is 2.60. The van der Waals surface area contributed by atoms with E-state index in [9.17, 15) is 9.59 Å². The number of carbonyl (C=O) groups excluding carboxylic acids is 1. The van der Waals surface area contributed by atoms with Crippen molar-refractivity contribution in [2.45, 2.75) is 19.4 Å². The number of terminal acetylenes is 1. The summed E-state index contributed by atoms with van der Waals surface area (Å²) < 4.78 is 5.62. The number of halogens is 1. The van der Waals surface area contributed by atoms with Crippen LogP contribution in [0.3, 0.4) is 0 Å². The molecule has 1 amide bonds. The van der Waals surface area contributed by atoms with Gasteiger partial charge in [-0.3, -0.25) is 9.59 Å². The van der Waals surface area contributed by atoms with E-state index in [0.717, 1.165) is 4.90 Å². The maximum absolute atomic E-state index is 12.4. The maximum Gasteiger partial charge on any atom is 0.323 e. The van der Waals surface area contributed by atoms with Crippen LogP contribution in [0.1, 0.15) is 13.8 Å². The van der Waals surface area contributed by atoms with Gasteiger partial charge in [-0.2, -0.15) is 0 Å². The number of rotatable bonds is 6. The van der Waals surface area contributed by atoms with Crippen LogP contribution in [0.4, 0.5) is 0 Å². The molecule has 0 aliphatic carbocycles. The fourth-order valence-electron chi connectivity index (χ4n) is 1.69. The molecule has 5 nitrogen and oxygen atoms in total. The fourth-order valence-corrected chi connectivity index (χ4v) is 1.82. The number of carboxylic acid groups (broad SMARTS) is 1. The van der Waals surface area contributed by atoms with Gasteiger partial charge in [0.1, 0.15) is 12.3 Å². The molecule has 0 spiro atoms. The first-order chi connectivity index (χ1) is 9.76. The number of ether oxygens (including phenoxy) is 1. The molecule has 0 aliphatic rings. The lowest BCUT2D eigenvalue weighted by atomic mass is 10.1. The second-order valence-electron chi connectivity index (χ2n) is 4.83. The first kappa shape index (κ1) is 16.9. The first-order valence-electron chi connectivity index (χ1n) is 6.15. The molecule has 1 aromatic carbocycles. The van der Waals surface area contributed by atoms with E-state index in [1.54, 1.807) is 38.1 Å². The van der Waals surface area contributed by atoms with Gasteiger partial charge in [-0.15, -0.1) is 6.42 Å². The monoisotopic (exact) mass is 309 g/mol. The van der Waals surface area contributed by atoms with E-state index in [4.69, 9.17) is 27.9 Å². The molecule has 0 unspecified atom stereocenters. The summed E-state index contributed by atoms with van der Waals surface area (Å²) in [5.74, 6) is 1.08. The molecule has 1 rings (SSSR count). The maximum atomic E-state index is 12.4. The fraction of sp³-hybridized carbons (Fsp3) is 0.333. The Morgan fingerprint density at radius 2 is 1.95 bits per heavy atom. The van der Waals surface area contributed by atoms with Crippen molar-refractivity contribution in [1.82, 2.24) is 4.90 Å². The number of aliphatic carboxylic acids is 1. The summed E-state index contributed by atoms with van der Waals surface area (Å²) in [6.45, 7) is 2.53. The average Bonchev–Trinajstić information content (AvgIpc) is 2.39. The molecule has 0 bridgehead atoms. The lowest BCUT2D eigenvalue weighted by Gasteiger charge is -2.30. The van der Waals surface area contributed by atoms with Gasteiger partial charge in [0.25, 0.3) is 5.91 Å². The molecule has 0 fully saturated rings. The van der Waals surface area contributed by atoms with Crippen LogP contribution < -0.4 is 4.74 Å². The third kappa shape index (κ3) is 5.01. The van der Waals surface area contributed by atoms with Gasteiger partial charge in [-0.05, 0) is 38.1 Å². The van der Waals surface area contributed by atoms with Gasteiger partial charge in [0.15, 0.2) is 5.60 Å². The lowest BCUT2D eigenvalue weighted by molar-refractivity contribution is -0.151. The number of carbonyl (C=O) groups is 2. The molecule has 0 saturated carbocycles. The zero-order chi connectivity index (χ0) is 16.0. The van der Waals surface area contributed by atoms with Gasteiger partial charge in [-0.25, -0.2) is 0 Å². The summed E-state index contributed by atoms with van der Waals surface area (Å²) in [6, 6.07) is 6.52. The molecule has 1 aromatic rings. The predicted molar refractivity (Wildman–Crippen MR) is 79.2 cm³/mol. The minimum absolute atomic E-state index is 0.0987. The van der Waals surface area contributed by atoms with Crippen LogP contribution in [0, 0.1) is 12.3 Å². The van der Waals surface area contributed by atoms with Crippen LogP contribution in [0.15, 0.2) is 24.3 Å². The summed E-state index contributed by atoms with van der Waals surface area (Å²) in [7, 11) is 0. The van der Waals surface area contributed by atoms with Crippen LogP contribution in [0.2, 0.25) is 5.02 Å². The van der Waals surface area contributed by atoms with E-state index < -0.39 is 24.0 Å². The minimum Gasteiger partial charge on any atom is -0.480 e. The van der Waals surface area contributed by atoms with Gasteiger partial charge >= 0.3 is 5.97 Å². The van der Waals surface area contributed by atoms with E-state index in [1.807, 2.05) is 0 Å². The predicted octanol–water partition coefficient (Wildman–Crippen LogP) is 2.04. The largest absolute Gasteiger partial charge is 0.480 e. The molecule has 21 heavy (non-hydrogen) atoms. The average molecular weight is 310 g/mol. The van der Waals surface area contributed by atoms with E-state index in [-0.39, 0.29) is 6.54 Å². The van der Waals surface area contributed by atoms with E-state index in [1.165, 1.54) is 0 Å². The second kappa shape index (κ2) is 7.00. The Kier molecular flexibility index (Phi) is 5.62. The van der Waals surface area contributed by atoms with Crippen molar-refractivity contribution in [3.8, 4) is 18.1 Å². The highest BCUT2D eigenvalue weighted by atomic mass is 35.5. The Hall–Kier alpha value is -2.19. The number of hydrogen-bond donors (Lipinski definition) is 1. The molecule has 1 N–H and O–H groups in total. The second-order valence-corrected chi connectivity index (χ2v) is 5.26. The highest BCUT2D eigenvalue weighted by Gasteiger charge is 2.34. The summed E-state index contributed by atoms with van der Waals surface area (Å²) in [4.78, 5) is 24.2. The zero-order valence-corrected chi connectivity index (χ0v) is 12.6. The molecule has 0 saturated heterocycles. The summed E-state index contributed by atoms with van der Waals surface area (Å²) in [5.41, 5.74) is -1.25. The minimum atomic E-state index is -1.25. The Labute approximate surface area is 128 Å². The molecule has 0 radical (unpaired) electrons. The number of hydrogen-bond acceptors (Lipinski definition) is 3. The smallest absolute Gasteiger partial charge is 0.323 e. The van der Waals surface area contributed by atoms with Crippen LogP contribution in [-0.2, 0) is 9.59 Å². The number of nitrogens with zero attached hydrogens (tertiary/aromatic N) is 1. The Balaban J connectivity index is 2.88. The van der Waals surface area contributed by atoms with Crippen molar-refractivity contribution in [1.29, 1.82) is 0 Å². The van der Waals surface area contributed by atoms with Crippen molar-refractivity contribution in [3.05, 3.63) is 29.3 Å². The molecule has 0 atom stereocenters. The molecule has 0 aromatic heterocycles. The van der Waals surface area contributed by atoms with E-state index >= 15 is 0 Å². The standard InChI is InChI=1S/C15H16ClNO4/c1-4-9-17(10-13(18)19)14(20)15(2,3)21-12-7-5-11(16)6-8-12/h1,5-8H,9-10H2,2-3H3,(H,18,19). The molecule has 0 heterocycles. The normalized spacial score (nSPS) is 10.6. The molecule has 112 valence electrons. The van der Waals surface area contributed by atoms with Crippen molar-refractivity contribution in [2.75, 3.05) is 13.1 Å². The van der Waals surface area contributed by atoms with Crippen molar-refractivity contribution in [2.24, 2.45) is 0 Å². The quantitative estimate of drug-likeness (QED) is 0.817. The topological polar surface area (TPSA) is 66.8 Å². The van der Waals surface area contributed by atoms with Gasteiger partial charge in [0.05, 0.1) is 6.54 Å². The van der Waals surface area contributed by atoms with Crippen molar-refractivity contribution in [3.63, 3.8) is 0 Å². The highest BCUT2D eigenvalue weighted by molar-refractivity contribution is 6.30. The van der Waals surface area contributed by atoms with Crippen LogP contribution in [0.25, 0.3) is 0 Å². The Morgan fingerprint density at radius 3 is 2.43 bits per heavy atom. The number of carboxylic acids is 1. The summed E-state index contributed by atoms with van der Waals surface area (Å²) in [5, 5.41) is 9.37. The van der Waals surface area contributed by atoms with Gasteiger partial charge in [0, 0.05) is 5.02 Å². The molecule has 0 aliphatic heterocycles. The molecular formula is C15H16ClNO4. The van der Waals surface area contributed by atoms with Gasteiger partial charge < -0.3 is 14.7 Å². The first-order valence-corrected chi connectivity index (χ1v) is 6.53. The van der Waals surface area contributed by atoms with Gasteiger partial charge in [0.2, 0.25) is 0 Å². The number of benzene rings is 1. The molecular weight excluding hydrogens is 294 g/mol. The molecule has 6 heteroatoms. The highest BCUT2D eigenvalue weighted by Crippen LogP contribution is 2.22. The Bertz CT molecular complexity index is 560. The third-order valence-corrected chi connectivity index (χ3v) is 2.85. The summed E-state index contributed by atoms with van der Waals surface area (Å²) >= 11 is 5.78. The van der Waals surface area contributed by atoms with Crippen LogP contribution in [-0.4, -0.2) is 40.6 Å². The van der Waals surface area contributed by atoms with E-state index in [0.29, 0.717) is 10.8 Å². The summed E-state index contributed by atoms with van der Waals surface area (Å²) in [6.07, 6.45) is 5.16. The van der Waals surface area contributed by atoms with Gasteiger partial charge in [-0.1, -0.05) is 17.5 Å². The zero-order valence-electron chi connectivity index (χ0n) is 11.8.